The van der Waals surface area contributed by atoms with E-state index in [2.05, 4.69) is 0 Å². The van der Waals surface area contributed by atoms with Crippen molar-refractivity contribution in [2.45, 2.75) is 24.8 Å². The first-order chi connectivity index (χ1) is 17.8. The predicted octanol–water partition coefficient (Wildman–Crippen LogP) is 7.32. The number of ether oxygens (including phenoxy) is 2. The lowest BCUT2D eigenvalue weighted by atomic mass is 9.86. The third-order valence-electron chi connectivity index (χ3n) is 6.24. The molecule has 0 radical (unpaired) electrons. The Morgan fingerprint density at radius 1 is 0.921 bits per heavy atom. The van der Waals surface area contributed by atoms with Gasteiger partial charge in [-0.2, -0.15) is 26.3 Å². The first-order valence-corrected chi connectivity index (χ1v) is 11.4. The zero-order valence-corrected chi connectivity index (χ0v) is 20.6. The Labute approximate surface area is 217 Å². The first kappa shape index (κ1) is 27.6. The number of fused-ring (bicyclic) bond motifs is 1. The zero-order valence-electron chi connectivity index (χ0n) is 19.8. The summed E-state index contributed by atoms with van der Waals surface area (Å²) in [4.78, 5) is 14.6. The van der Waals surface area contributed by atoms with Crippen molar-refractivity contribution in [1.29, 1.82) is 0 Å². The van der Waals surface area contributed by atoms with Gasteiger partial charge in [0, 0.05) is 22.7 Å². The van der Waals surface area contributed by atoms with Gasteiger partial charge in [-0.25, -0.2) is 4.39 Å². The molecule has 0 N–H and O–H groups in total. The van der Waals surface area contributed by atoms with E-state index in [1.54, 1.807) is 6.07 Å². The number of halogens is 8. The molecule has 0 unspecified atom stereocenters. The highest BCUT2D eigenvalue weighted by molar-refractivity contribution is 6.31. The molecule has 1 aliphatic heterocycles. The largest absolute Gasteiger partial charge is 0.493 e. The molecule has 0 aromatic heterocycles. The zero-order chi connectivity index (χ0) is 28.0. The standard InChI is InChI=1S/C26H19ClF7NO3/c1-37-20-10-13-6-7-35(23(17(13)12-21(20)38-2)22-18(27)4-3-5-19(22)28)24(36)14-8-15(25(29,30)31)11-16(9-14)26(32,33)34/h3-5,8-12,23H,6-7H2,1-2H3/t23-/m1/s1. The molecule has 0 saturated heterocycles. The summed E-state index contributed by atoms with van der Waals surface area (Å²) < 4.78 is 107. The Bertz CT molecular complexity index is 1340. The monoisotopic (exact) mass is 561 g/mol. The number of rotatable bonds is 4. The topological polar surface area (TPSA) is 38.8 Å². The quantitative estimate of drug-likeness (QED) is 0.313. The Hall–Kier alpha value is -3.47. The molecule has 1 atom stereocenters. The van der Waals surface area contributed by atoms with Crippen LogP contribution in [0.1, 0.15) is 44.2 Å². The average molecular weight is 562 g/mol. The normalized spacial score (nSPS) is 15.7. The molecule has 38 heavy (non-hydrogen) atoms. The molecule has 0 aliphatic carbocycles. The number of hydrogen-bond acceptors (Lipinski definition) is 3. The summed E-state index contributed by atoms with van der Waals surface area (Å²) in [6, 6.07) is 6.22. The van der Waals surface area contributed by atoms with Gasteiger partial charge in [0.15, 0.2) is 11.5 Å². The van der Waals surface area contributed by atoms with Crippen LogP contribution in [0.3, 0.4) is 0 Å². The molecule has 0 fully saturated rings. The molecular formula is C26H19ClF7NO3. The highest BCUT2D eigenvalue weighted by Crippen LogP contribution is 2.45. The summed E-state index contributed by atoms with van der Waals surface area (Å²) in [7, 11) is 2.75. The number of carbonyl (C=O) groups excluding carboxylic acids is 1. The highest BCUT2D eigenvalue weighted by atomic mass is 35.5. The number of nitrogens with zero attached hydrogens (tertiary/aromatic N) is 1. The average Bonchev–Trinajstić information content (AvgIpc) is 2.86. The third kappa shape index (κ3) is 5.11. The molecule has 0 spiro atoms. The Morgan fingerprint density at radius 3 is 2.03 bits per heavy atom. The lowest BCUT2D eigenvalue weighted by molar-refractivity contribution is -0.143. The maximum atomic E-state index is 15.2. The molecule has 3 aromatic rings. The molecular weight excluding hydrogens is 543 g/mol. The van der Waals surface area contributed by atoms with Crippen LogP contribution in [0.4, 0.5) is 30.7 Å². The second kappa shape index (κ2) is 10.0. The van der Waals surface area contributed by atoms with E-state index in [0.717, 1.165) is 11.0 Å². The van der Waals surface area contributed by atoms with Gasteiger partial charge in [0.05, 0.1) is 31.4 Å². The van der Waals surface area contributed by atoms with Crippen LogP contribution in [0.15, 0.2) is 48.5 Å². The van der Waals surface area contributed by atoms with Crippen molar-refractivity contribution in [1.82, 2.24) is 4.90 Å². The van der Waals surface area contributed by atoms with Crippen molar-refractivity contribution in [2.75, 3.05) is 20.8 Å². The van der Waals surface area contributed by atoms with Crippen LogP contribution in [0, 0.1) is 5.82 Å². The van der Waals surface area contributed by atoms with Crippen LogP contribution in [0.25, 0.3) is 0 Å². The number of hydrogen-bond donors (Lipinski definition) is 0. The van der Waals surface area contributed by atoms with Gasteiger partial charge >= 0.3 is 12.4 Å². The summed E-state index contributed by atoms with van der Waals surface area (Å²) in [6.07, 6.45) is -10.2. The van der Waals surface area contributed by atoms with Gasteiger partial charge in [0.2, 0.25) is 0 Å². The van der Waals surface area contributed by atoms with Crippen LogP contribution in [-0.2, 0) is 18.8 Å². The molecule has 1 amide bonds. The summed E-state index contributed by atoms with van der Waals surface area (Å²) in [5.41, 5.74) is -3.36. The van der Waals surface area contributed by atoms with Crippen molar-refractivity contribution < 1.29 is 45.0 Å². The van der Waals surface area contributed by atoms with Gasteiger partial charge < -0.3 is 14.4 Å². The predicted molar refractivity (Wildman–Crippen MR) is 124 cm³/mol. The van der Waals surface area contributed by atoms with Gasteiger partial charge in [-0.1, -0.05) is 17.7 Å². The fourth-order valence-electron chi connectivity index (χ4n) is 4.49. The minimum absolute atomic E-state index is 0.0648. The van der Waals surface area contributed by atoms with Crippen LogP contribution >= 0.6 is 11.6 Å². The van der Waals surface area contributed by atoms with Crippen molar-refractivity contribution >= 4 is 17.5 Å². The van der Waals surface area contributed by atoms with Crippen LogP contribution in [0.2, 0.25) is 5.02 Å². The van der Waals surface area contributed by atoms with E-state index < -0.39 is 46.8 Å². The lowest BCUT2D eigenvalue weighted by Gasteiger charge is -2.38. The fourth-order valence-corrected chi connectivity index (χ4v) is 4.76. The summed E-state index contributed by atoms with van der Waals surface area (Å²) in [5, 5.41) is -0.0875. The van der Waals surface area contributed by atoms with Gasteiger partial charge in [0.1, 0.15) is 5.82 Å². The van der Waals surface area contributed by atoms with Crippen molar-refractivity contribution in [3.63, 3.8) is 0 Å². The maximum absolute atomic E-state index is 15.2. The maximum Gasteiger partial charge on any atom is 0.416 e. The van der Waals surface area contributed by atoms with Crippen LogP contribution in [-0.4, -0.2) is 31.6 Å². The molecule has 4 nitrogen and oxygen atoms in total. The minimum atomic E-state index is -5.15. The molecule has 0 saturated carbocycles. The second-order valence-electron chi connectivity index (χ2n) is 8.49. The number of amides is 1. The first-order valence-electron chi connectivity index (χ1n) is 11.1. The molecule has 12 heteroatoms. The van der Waals surface area contributed by atoms with Crippen LogP contribution in [0.5, 0.6) is 11.5 Å². The van der Waals surface area contributed by atoms with Crippen molar-refractivity contribution in [3.05, 3.63) is 92.8 Å². The van der Waals surface area contributed by atoms with Gasteiger partial charge in [-0.05, 0) is 60.0 Å². The summed E-state index contributed by atoms with van der Waals surface area (Å²) in [6.45, 7) is -0.158. The second-order valence-corrected chi connectivity index (χ2v) is 8.89. The van der Waals surface area contributed by atoms with E-state index in [-0.39, 0.29) is 35.4 Å². The SMILES string of the molecule is COc1cc2c(cc1OC)[C@H](c1c(F)cccc1Cl)N(C(=O)c1cc(C(F)(F)F)cc(C(F)(F)F)c1)CC2. The van der Waals surface area contributed by atoms with Gasteiger partial charge in [-0.3, -0.25) is 4.79 Å². The van der Waals surface area contributed by atoms with Crippen LogP contribution < -0.4 is 9.47 Å². The number of carbonyl (C=O) groups is 1. The van der Waals surface area contributed by atoms with E-state index in [9.17, 15) is 31.1 Å². The Balaban J connectivity index is 1.94. The third-order valence-corrected chi connectivity index (χ3v) is 6.57. The minimum Gasteiger partial charge on any atom is -0.493 e. The molecule has 1 aliphatic rings. The summed E-state index contributed by atoms with van der Waals surface area (Å²) >= 11 is 6.32. The molecule has 0 bridgehead atoms. The van der Waals surface area contributed by atoms with Gasteiger partial charge in [0.25, 0.3) is 5.91 Å². The van der Waals surface area contributed by atoms with E-state index in [0.29, 0.717) is 29.0 Å². The van der Waals surface area contributed by atoms with Crippen molar-refractivity contribution in [2.24, 2.45) is 0 Å². The van der Waals surface area contributed by atoms with E-state index in [1.165, 1.54) is 32.4 Å². The molecule has 3 aromatic carbocycles. The van der Waals surface area contributed by atoms with Crippen molar-refractivity contribution in [3.8, 4) is 11.5 Å². The smallest absolute Gasteiger partial charge is 0.416 e. The van der Waals surface area contributed by atoms with E-state index in [4.69, 9.17) is 21.1 Å². The van der Waals surface area contributed by atoms with E-state index in [1.807, 2.05) is 0 Å². The fraction of sp³-hybridized carbons (Fsp3) is 0.269. The van der Waals surface area contributed by atoms with E-state index >= 15 is 4.39 Å². The molecule has 1 heterocycles. The Morgan fingerprint density at radius 2 is 1.50 bits per heavy atom. The summed E-state index contributed by atoms with van der Waals surface area (Å²) in [5.74, 6) is -1.41. The Kier molecular flexibility index (Phi) is 7.26. The number of methoxy groups -OCH3 is 2. The lowest BCUT2D eigenvalue weighted by Crippen LogP contribution is -2.41. The van der Waals surface area contributed by atoms with Gasteiger partial charge in [-0.15, -0.1) is 0 Å². The number of alkyl halides is 6. The number of benzene rings is 3. The highest BCUT2D eigenvalue weighted by Gasteiger charge is 2.40. The molecule has 4 rings (SSSR count). The molecule has 202 valence electrons.